The molecule has 154 valence electrons. The summed E-state index contributed by atoms with van der Waals surface area (Å²) in [5.41, 5.74) is -0.170. The fourth-order valence-corrected chi connectivity index (χ4v) is 3.43. The Labute approximate surface area is 172 Å². The van der Waals surface area contributed by atoms with E-state index in [1.165, 1.54) is 45.4 Å². The summed E-state index contributed by atoms with van der Waals surface area (Å²) < 4.78 is 10.2. The summed E-state index contributed by atoms with van der Waals surface area (Å²) in [5, 5.41) is 12.5. The average Bonchev–Trinajstić information content (AvgIpc) is 2.71. The number of allylic oxidation sites excluding steroid dienone is 2. The molecule has 1 amide bonds. The fourth-order valence-electron chi connectivity index (χ4n) is 3.43. The molecule has 0 bridgehead atoms. The number of amides is 1. The largest absolute Gasteiger partial charge is 0.507 e. The van der Waals surface area contributed by atoms with E-state index < -0.39 is 29.2 Å². The lowest BCUT2D eigenvalue weighted by Crippen LogP contribution is -2.33. The Morgan fingerprint density at radius 3 is 2.33 bits per heavy atom. The van der Waals surface area contributed by atoms with Crippen LogP contribution in [0.1, 0.15) is 49.1 Å². The van der Waals surface area contributed by atoms with Crippen molar-refractivity contribution in [1.82, 2.24) is 5.32 Å². The molecular formula is C22H19NO7. The van der Waals surface area contributed by atoms with Crippen molar-refractivity contribution in [3.8, 4) is 11.5 Å². The highest BCUT2D eigenvalue weighted by Gasteiger charge is 2.38. The summed E-state index contributed by atoms with van der Waals surface area (Å²) in [7, 11) is 2.54. The quantitative estimate of drug-likeness (QED) is 0.745. The number of Topliss-reactive ketones (excluding diaryl/α,β-unsaturated/α-hetero) is 2. The van der Waals surface area contributed by atoms with Crippen molar-refractivity contribution in [2.45, 2.75) is 13.8 Å². The van der Waals surface area contributed by atoms with Gasteiger partial charge in [-0.15, -0.1) is 0 Å². The normalized spacial score (nSPS) is 13.1. The molecule has 0 unspecified atom stereocenters. The second kappa shape index (κ2) is 7.82. The summed E-state index contributed by atoms with van der Waals surface area (Å²) in [6.07, 6.45) is 0. The summed E-state index contributed by atoms with van der Waals surface area (Å²) in [6.45, 7) is 2.90. The molecule has 8 heteroatoms. The minimum Gasteiger partial charge on any atom is -0.507 e. The Hall–Kier alpha value is -3.94. The molecule has 0 radical (unpaired) electrons. The van der Waals surface area contributed by atoms with Crippen LogP contribution >= 0.6 is 0 Å². The SMILES string of the molecule is COC(=O)c1cc(C)cc(OC)c1C1=C(NC(C)=O)C(=O)c2c(O)cccc2C1=O. The van der Waals surface area contributed by atoms with E-state index >= 15 is 0 Å². The van der Waals surface area contributed by atoms with E-state index in [9.17, 15) is 24.3 Å². The third-order valence-corrected chi connectivity index (χ3v) is 4.64. The van der Waals surface area contributed by atoms with Gasteiger partial charge in [0.2, 0.25) is 11.7 Å². The van der Waals surface area contributed by atoms with Gasteiger partial charge in [0.25, 0.3) is 0 Å². The molecule has 0 saturated carbocycles. The van der Waals surface area contributed by atoms with Crippen molar-refractivity contribution in [1.29, 1.82) is 0 Å². The molecule has 1 aliphatic rings. The third-order valence-electron chi connectivity index (χ3n) is 4.64. The number of aromatic hydroxyl groups is 1. The molecule has 0 aromatic heterocycles. The van der Waals surface area contributed by atoms with E-state index in [1.54, 1.807) is 13.0 Å². The van der Waals surface area contributed by atoms with E-state index in [2.05, 4.69) is 5.32 Å². The molecule has 0 saturated heterocycles. The summed E-state index contributed by atoms with van der Waals surface area (Å²) >= 11 is 0. The Morgan fingerprint density at radius 2 is 1.73 bits per heavy atom. The van der Waals surface area contributed by atoms with Crippen molar-refractivity contribution in [3.05, 3.63) is 63.8 Å². The maximum Gasteiger partial charge on any atom is 0.338 e. The number of ether oxygens (including phenoxy) is 2. The first kappa shape index (κ1) is 20.8. The Balaban J connectivity index is 2.45. The second-order valence-corrected chi connectivity index (χ2v) is 6.67. The lowest BCUT2D eigenvalue weighted by molar-refractivity contribution is -0.118. The highest BCUT2D eigenvalue weighted by atomic mass is 16.5. The van der Waals surface area contributed by atoms with Gasteiger partial charge in [-0.2, -0.15) is 0 Å². The van der Waals surface area contributed by atoms with Gasteiger partial charge in [-0.05, 0) is 30.7 Å². The predicted molar refractivity (Wildman–Crippen MR) is 107 cm³/mol. The third kappa shape index (κ3) is 3.32. The number of phenolic OH excluding ortho intramolecular Hbond substituents is 1. The zero-order chi connectivity index (χ0) is 22.2. The first-order valence-electron chi connectivity index (χ1n) is 8.91. The highest BCUT2D eigenvalue weighted by Crippen LogP contribution is 2.40. The lowest BCUT2D eigenvalue weighted by Gasteiger charge is -2.24. The van der Waals surface area contributed by atoms with Crippen molar-refractivity contribution in [3.63, 3.8) is 0 Å². The first-order chi connectivity index (χ1) is 14.2. The van der Waals surface area contributed by atoms with E-state index in [-0.39, 0.29) is 39.3 Å². The van der Waals surface area contributed by atoms with Gasteiger partial charge in [0.1, 0.15) is 17.2 Å². The number of nitrogens with one attached hydrogen (secondary N) is 1. The molecule has 0 atom stereocenters. The summed E-state index contributed by atoms with van der Waals surface area (Å²) in [6, 6.07) is 7.17. The van der Waals surface area contributed by atoms with E-state index in [0.29, 0.717) is 5.56 Å². The maximum absolute atomic E-state index is 13.4. The topological polar surface area (TPSA) is 119 Å². The van der Waals surface area contributed by atoms with Crippen LogP contribution in [0.5, 0.6) is 11.5 Å². The van der Waals surface area contributed by atoms with Crippen molar-refractivity contribution in [2.24, 2.45) is 0 Å². The monoisotopic (exact) mass is 409 g/mol. The van der Waals surface area contributed by atoms with Crippen LogP contribution in [0.15, 0.2) is 36.0 Å². The Bertz CT molecular complexity index is 1140. The van der Waals surface area contributed by atoms with Gasteiger partial charge >= 0.3 is 5.97 Å². The van der Waals surface area contributed by atoms with Crippen molar-refractivity contribution < 1.29 is 33.8 Å². The minimum absolute atomic E-state index is 0.00282. The van der Waals surface area contributed by atoms with E-state index in [1.807, 2.05) is 0 Å². The second-order valence-electron chi connectivity index (χ2n) is 6.67. The smallest absolute Gasteiger partial charge is 0.338 e. The first-order valence-corrected chi connectivity index (χ1v) is 8.91. The number of hydrogen-bond donors (Lipinski definition) is 2. The lowest BCUT2D eigenvalue weighted by atomic mass is 9.81. The van der Waals surface area contributed by atoms with Crippen LogP contribution < -0.4 is 10.1 Å². The molecule has 30 heavy (non-hydrogen) atoms. The number of phenols is 1. The molecule has 2 aromatic rings. The molecule has 0 heterocycles. The number of hydrogen-bond acceptors (Lipinski definition) is 7. The van der Waals surface area contributed by atoms with Crippen molar-refractivity contribution >= 4 is 29.0 Å². The number of carbonyl (C=O) groups excluding carboxylic acids is 4. The average molecular weight is 409 g/mol. The minimum atomic E-state index is -0.758. The summed E-state index contributed by atoms with van der Waals surface area (Å²) in [4.78, 5) is 50.9. The van der Waals surface area contributed by atoms with Crippen LogP contribution in [0, 0.1) is 6.92 Å². The van der Waals surface area contributed by atoms with Gasteiger partial charge in [-0.3, -0.25) is 14.4 Å². The number of fused-ring (bicyclic) bond motifs is 1. The number of aryl methyl sites for hydroxylation is 1. The van der Waals surface area contributed by atoms with Gasteiger partial charge < -0.3 is 19.9 Å². The van der Waals surface area contributed by atoms with E-state index in [0.717, 1.165) is 0 Å². The molecule has 8 nitrogen and oxygen atoms in total. The van der Waals surface area contributed by atoms with Crippen molar-refractivity contribution in [2.75, 3.05) is 14.2 Å². The van der Waals surface area contributed by atoms with Crippen LogP contribution in [0.2, 0.25) is 0 Å². The highest BCUT2D eigenvalue weighted by molar-refractivity contribution is 6.42. The van der Waals surface area contributed by atoms with Gasteiger partial charge in [0.15, 0.2) is 5.78 Å². The number of benzene rings is 2. The molecule has 3 rings (SSSR count). The standard InChI is InChI=1S/C22H19NO7/c1-10-8-13(22(28)30-4)17(15(9-10)29-3)18-19(23-11(2)24)21(27)16-12(20(18)26)6-5-7-14(16)25/h5-9,25H,1-4H3,(H,23,24). The molecule has 2 N–H and O–H groups in total. The number of ketones is 2. The van der Waals surface area contributed by atoms with E-state index in [4.69, 9.17) is 9.47 Å². The number of rotatable bonds is 4. The predicted octanol–water partition coefficient (Wildman–Crippen LogP) is 2.42. The Kier molecular flexibility index (Phi) is 5.42. The van der Waals surface area contributed by atoms with Crippen LogP contribution in [0.25, 0.3) is 5.57 Å². The molecule has 0 aliphatic heterocycles. The zero-order valence-corrected chi connectivity index (χ0v) is 16.8. The maximum atomic E-state index is 13.4. The van der Waals surface area contributed by atoms with Crippen LogP contribution in [0.4, 0.5) is 0 Å². The van der Waals surface area contributed by atoms with Gasteiger partial charge in [-0.25, -0.2) is 4.79 Å². The fraction of sp³-hybridized carbons (Fsp3) is 0.182. The molecular weight excluding hydrogens is 390 g/mol. The van der Waals surface area contributed by atoms with Crippen LogP contribution in [-0.2, 0) is 9.53 Å². The number of carbonyl (C=O) groups is 4. The summed E-state index contributed by atoms with van der Waals surface area (Å²) in [5.74, 6) is -3.01. The molecule has 0 spiro atoms. The van der Waals surface area contributed by atoms with Gasteiger partial charge in [-0.1, -0.05) is 12.1 Å². The van der Waals surface area contributed by atoms with Gasteiger partial charge in [0.05, 0.1) is 30.9 Å². The van der Waals surface area contributed by atoms with Gasteiger partial charge in [0, 0.05) is 18.1 Å². The van der Waals surface area contributed by atoms with Crippen LogP contribution in [0.3, 0.4) is 0 Å². The molecule has 2 aromatic carbocycles. The molecule has 0 fully saturated rings. The van der Waals surface area contributed by atoms with Crippen LogP contribution in [-0.4, -0.2) is 42.8 Å². The Morgan fingerprint density at radius 1 is 1.03 bits per heavy atom. The number of esters is 1. The number of methoxy groups -OCH3 is 2. The zero-order valence-electron chi connectivity index (χ0n) is 16.8. The molecule has 1 aliphatic carbocycles.